The van der Waals surface area contributed by atoms with Gasteiger partial charge < -0.3 is 14.8 Å². The number of benzene rings is 1. The third kappa shape index (κ3) is 5.15. The summed E-state index contributed by atoms with van der Waals surface area (Å²) in [5.41, 5.74) is 1.59. The monoisotopic (exact) mass is 378 g/mol. The molecule has 1 amide bonds. The summed E-state index contributed by atoms with van der Waals surface area (Å²) in [6, 6.07) is 3.11. The Balaban J connectivity index is 1.59. The van der Waals surface area contributed by atoms with E-state index in [4.69, 9.17) is 9.47 Å². The zero-order valence-corrected chi connectivity index (χ0v) is 15.6. The van der Waals surface area contributed by atoms with Crippen molar-refractivity contribution >= 4 is 11.6 Å². The summed E-state index contributed by atoms with van der Waals surface area (Å²) in [5.74, 6) is 0.764. The lowest BCUT2D eigenvalue weighted by Crippen LogP contribution is -2.49. The Morgan fingerprint density at radius 2 is 2.00 bits per heavy atom. The van der Waals surface area contributed by atoms with Gasteiger partial charge in [0.2, 0.25) is 5.91 Å². The molecule has 0 spiro atoms. The summed E-state index contributed by atoms with van der Waals surface area (Å²) in [6.45, 7) is 7.41. The molecule has 2 aliphatic heterocycles. The molecule has 2 aliphatic rings. The molecule has 148 valence electrons. The van der Waals surface area contributed by atoms with Gasteiger partial charge in [-0.1, -0.05) is 6.92 Å². The van der Waals surface area contributed by atoms with Gasteiger partial charge in [-0.15, -0.1) is 0 Å². The van der Waals surface area contributed by atoms with E-state index in [1.54, 1.807) is 6.07 Å². The lowest BCUT2D eigenvalue weighted by molar-refractivity contribution is -0.385. The van der Waals surface area contributed by atoms with Gasteiger partial charge in [-0.2, -0.15) is 0 Å². The summed E-state index contributed by atoms with van der Waals surface area (Å²) >= 11 is 0. The smallest absolute Gasteiger partial charge is 0.270 e. The number of hydrogen-bond donors (Lipinski definition) is 1. The van der Waals surface area contributed by atoms with Gasteiger partial charge >= 0.3 is 0 Å². The van der Waals surface area contributed by atoms with Crippen molar-refractivity contribution in [2.24, 2.45) is 0 Å². The predicted molar refractivity (Wildman–Crippen MR) is 98.4 cm³/mol. The number of nitrogens with one attached hydrogen (secondary N) is 1. The first kappa shape index (κ1) is 19.5. The molecule has 1 fully saturated rings. The number of fused-ring (bicyclic) bond motifs is 1. The fraction of sp³-hybridized carbons (Fsp3) is 0.611. The molecule has 0 radical (unpaired) electrons. The lowest BCUT2D eigenvalue weighted by atomic mass is 10.1. The Labute approximate surface area is 158 Å². The third-order valence-corrected chi connectivity index (χ3v) is 4.78. The minimum absolute atomic E-state index is 0.0593. The van der Waals surface area contributed by atoms with Crippen LogP contribution < -0.4 is 10.1 Å². The van der Waals surface area contributed by atoms with Crippen LogP contribution in [-0.2, 0) is 22.7 Å². The van der Waals surface area contributed by atoms with Gasteiger partial charge in [0.1, 0.15) is 5.75 Å². The molecule has 9 nitrogen and oxygen atoms in total. The van der Waals surface area contributed by atoms with E-state index in [1.165, 1.54) is 6.07 Å². The first-order valence-corrected chi connectivity index (χ1v) is 9.29. The van der Waals surface area contributed by atoms with Crippen LogP contribution in [0.15, 0.2) is 12.1 Å². The van der Waals surface area contributed by atoms with Crippen LogP contribution >= 0.6 is 0 Å². The molecular formula is C18H26N4O5. The van der Waals surface area contributed by atoms with Crippen LogP contribution in [0.5, 0.6) is 5.75 Å². The van der Waals surface area contributed by atoms with Crippen molar-refractivity contribution in [3.63, 3.8) is 0 Å². The Kier molecular flexibility index (Phi) is 6.59. The van der Waals surface area contributed by atoms with Crippen LogP contribution in [0.4, 0.5) is 5.69 Å². The van der Waals surface area contributed by atoms with E-state index >= 15 is 0 Å². The first-order chi connectivity index (χ1) is 13.1. The van der Waals surface area contributed by atoms with Crippen molar-refractivity contribution in [3.8, 4) is 5.75 Å². The van der Waals surface area contributed by atoms with Gasteiger partial charge in [0, 0.05) is 62.5 Å². The predicted octanol–water partition coefficient (Wildman–Crippen LogP) is 1.11. The highest BCUT2D eigenvalue weighted by molar-refractivity contribution is 5.77. The van der Waals surface area contributed by atoms with E-state index in [0.717, 1.165) is 43.7 Å². The van der Waals surface area contributed by atoms with Gasteiger partial charge in [-0.25, -0.2) is 0 Å². The number of nitro benzene ring substituents is 1. The Hall–Kier alpha value is -2.23. The highest BCUT2D eigenvalue weighted by Gasteiger charge is 2.24. The number of rotatable bonds is 7. The van der Waals surface area contributed by atoms with Crippen LogP contribution in [0.25, 0.3) is 0 Å². The number of non-ortho nitro benzene ring substituents is 1. The van der Waals surface area contributed by atoms with E-state index in [2.05, 4.69) is 15.1 Å². The molecule has 0 aliphatic carbocycles. The largest absolute Gasteiger partial charge is 0.467 e. The summed E-state index contributed by atoms with van der Waals surface area (Å²) in [7, 11) is 0. The number of nitrogens with zero attached hydrogens (tertiary/aromatic N) is 3. The average molecular weight is 378 g/mol. The normalized spacial score (nSPS) is 17.8. The fourth-order valence-electron chi connectivity index (χ4n) is 3.37. The molecule has 1 saturated heterocycles. The van der Waals surface area contributed by atoms with Gasteiger partial charge in [0.25, 0.3) is 5.69 Å². The molecule has 0 aromatic heterocycles. The van der Waals surface area contributed by atoms with Gasteiger partial charge in [-0.3, -0.25) is 24.7 Å². The fourth-order valence-corrected chi connectivity index (χ4v) is 3.37. The molecule has 9 heteroatoms. The number of nitro groups is 1. The van der Waals surface area contributed by atoms with E-state index in [0.29, 0.717) is 32.0 Å². The second-order valence-corrected chi connectivity index (χ2v) is 6.86. The molecular weight excluding hydrogens is 352 g/mol. The van der Waals surface area contributed by atoms with Gasteiger partial charge in [0.15, 0.2) is 6.79 Å². The minimum Gasteiger partial charge on any atom is -0.467 e. The summed E-state index contributed by atoms with van der Waals surface area (Å²) in [6.07, 6.45) is 0.931. The van der Waals surface area contributed by atoms with Crippen LogP contribution in [0.3, 0.4) is 0 Å². The van der Waals surface area contributed by atoms with Gasteiger partial charge in [-0.05, 0) is 6.42 Å². The third-order valence-electron chi connectivity index (χ3n) is 4.78. The summed E-state index contributed by atoms with van der Waals surface area (Å²) < 4.78 is 10.9. The lowest BCUT2D eigenvalue weighted by Gasteiger charge is -2.34. The van der Waals surface area contributed by atoms with Crippen molar-refractivity contribution in [1.29, 1.82) is 0 Å². The van der Waals surface area contributed by atoms with Crippen molar-refractivity contribution in [2.75, 3.05) is 46.1 Å². The highest BCUT2D eigenvalue weighted by Crippen LogP contribution is 2.33. The van der Waals surface area contributed by atoms with Crippen molar-refractivity contribution < 1.29 is 19.2 Å². The molecule has 1 aromatic rings. The topological polar surface area (TPSA) is 97.2 Å². The van der Waals surface area contributed by atoms with Crippen LogP contribution in [0.1, 0.15) is 24.5 Å². The number of ether oxygens (including phenoxy) is 2. The number of amides is 1. The standard InChI is InChI=1S/C18H26N4O5/c1-2-3-19-17(23)11-21-6-4-20(5-7-21)10-14-8-16(22(24)25)9-15-12-26-13-27-18(14)15/h8-9H,2-7,10-13H2,1H3,(H,19,23). The summed E-state index contributed by atoms with van der Waals surface area (Å²) in [4.78, 5) is 27.0. The van der Waals surface area contributed by atoms with E-state index < -0.39 is 0 Å². The maximum Gasteiger partial charge on any atom is 0.270 e. The SMILES string of the molecule is CCCNC(=O)CN1CCN(Cc2cc([N+](=O)[O-])cc3c2OCOC3)CC1. The molecule has 0 bridgehead atoms. The minimum atomic E-state index is -0.384. The van der Waals surface area contributed by atoms with E-state index in [1.807, 2.05) is 6.92 Å². The first-order valence-electron chi connectivity index (χ1n) is 9.29. The Morgan fingerprint density at radius 1 is 1.26 bits per heavy atom. The zero-order valence-electron chi connectivity index (χ0n) is 15.6. The number of carbonyl (C=O) groups excluding carboxylic acids is 1. The molecule has 0 atom stereocenters. The number of hydrogen-bond acceptors (Lipinski definition) is 7. The average Bonchev–Trinajstić information content (AvgIpc) is 2.67. The molecule has 0 saturated carbocycles. The Bertz CT molecular complexity index is 689. The van der Waals surface area contributed by atoms with Gasteiger partial charge in [0.05, 0.1) is 18.1 Å². The van der Waals surface area contributed by atoms with E-state index in [9.17, 15) is 14.9 Å². The maximum atomic E-state index is 11.8. The Morgan fingerprint density at radius 3 is 2.70 bits per heavy atom. The zero-order chi connectivity index (χ0) is 19.2. The van der Waals surface area contributed by atoms with Crippen LogP contribution in [-0.4, -0.2) is 66.7 Å². The number of carbonyl (C=O) groups is 1. The summed E-state index contributed by atoms with van der Waals surface area (Å²) in [5, 5.41) is 14.1. The van der Waals surface area contributed by atoms with Crippen LogP contribution in [0, 0.1) is 10.1 Å². The second kappa shape index (κ2) is 9.12. The molecule has 1 aromatic carbocycles. The number of piperazine rings is 1. The molecule has 3 rings (SSSR count). The van der Waals surface area contributed by atoms with Crippen molar-refractivity contribution in [1.82, 2.24) is 15.1 Å². The molecule has 27 heavy (non-hydrogen) atoms. The van der Waals surface area contributed by atoms with Crippen molar-refractivity contribution in [3.05, 3.63) is 33.4 Å². The molecule has 1 N–H and O–H groups in total. The van der Waals surface area contributed by atoms with Crippen LogP contribution in [0.2, 0.25) is 0 Å². The highest BCUT2D eigenvalue weighted by atomic mass is 16.7. The maximum absolute atomic E-state index is 11.8. The van der Waals surface area contributed by atoms with Crippen molar-refractivity contribution in [2.45, 2.75) is 26.5 Å². The quantitative estimate of drug-likeness (QED) is 0.561. The molecule has 0 unspecified atom stereocenters. The second-order valence-electron chi connectivity index (χ2n) is 6.86. The molecule has 2 heterocycles. The van der Waals surface area contributed by atoms with E-state index in [-0.39, 0.29) is 23.3 Å².